The number of nitrogens with zero attached hydrogens (tertiary/aromatic N) is 2. The molecule has 3 rings (SSSR count). The highest BCUT2D eigenvalue weighted by Crippen LogP contribution is 2.34. The first-order valence-corrected chi connectivity index (χ1v) is 11.1. The SMILES string of the molecule is CC[C@H](C)C(=O)Nc1c(C(=O)OC)n(C[C@H]2CCCO2)c2ncc(NCC(C)C)cc12. The summed E-state index contributed by atoms with van der Waals surface area (Å²) in [6, 6.07) is 1.94. The van der Waals surface area contributed by atoms with E-state index in [0.29, 0.717) is 47.9 Å². The number of hydrogen-bond donors (Lipinski definition) is 2. The number of anilines is 2. The number of esters is 1. The summed E-state index contributed by atoms with van der Waals surface area (Å²) in [5, 5.41) is 7.07. The smallest absolute Gasteiger partial charge is 0.356 e. The van der Waals surface area contributed by atoms with Crippen molar-refractivity contribution in [2.24, 2.45) is 11.8 Å². The van der Waals surface area contributed by atoms with E-state index in [-0.39, 0.29) is 17.9 Å². The highest BCUT2D eigenvalue weighted by atomic mass is 16.5. The molecule has 1 aliphatic rings. The van der Waals surface area contributed by atoms with Crippen molar-refractivity contribution in [2.45, 2.75) is 59.6 Å². The van der Waals surface area contributed by atoms with Crippen LogP contribution < -0.4 is 10.6 Å². The van der Waals surface area contributed by atoms with E-state index < -0.39 is 5.97 Å². The fourth-order valence-electron chi connectivity index (χ4n) is 3.68. The van der Waals surface area contributed by atoms with Crippen LogP contribution in [0.4, 0.5) is 11.4 Å². The van der Waals surface area contributed by atoms with E-state index in [0.717, 1.165) is 25.1 Å². The summed E-state index contributed by atoms with van der Waals surface area (Å²) in [4.78, 5) is 30.3. The minimum atomic E-state index is -0.507. The monoisotopic (exact) mass is 430 g/mol. The van der Waals surface area contributed by atoms with Crippen LogP contribution in [0, 0.1) is 11.8 Å². The molecule has 0 bridgehead atoms. The lowest BCUT2D eigenvalue weighted by Crippen LogP contribution is -2.23. The number of rotatable bonds is 9. The van der Waals surface area contributed by atoms with Gasteiger partial charge >= 0.3 is 5.97 Å². The minimum absolute atomic E-state index is 0.00216. The van der Waals surface area contributed by atoms with Crippen LogP contribution >= 0.6 is 0 Å². The van der Waals surface area contributed by atoms with Crippen LogP contribution in [0.25, 0.3) is 11.0 Å². The molecule has 1 aliphatic heterocycles. The second-order valence-electron chi connectivity index (χ2n) is 8.63. The van der Waals surface area contributed by atoms with Gasteiger partial charge in [0.25, 0.3) is 0 Å². The van der Waals surface area contributed by atoms with Crippen LogP contribution in [0.5, 0.6) is 0 Å². The van der Waals surface area contributed by atoms with Crippen LogP contribution in [0.3, 0.4) is 0 Å². The van der Waals surface area contributed by atoms with Gasteiger partial charge in [0.2, 0.25) is 5.91 Å². The topological polar surface area (TPSA) is 94.5 Å². The Hall–Kier alpha value is -2.61. The summed E-state index contributed by atoms with van der Waals surface area (Å²) in [6.45, 7) is 10.1. The molecule has 8 nitrogen and oxygen atoms in total. The van der Waals surface area contributed by atoms with Gasteiger partial charge < -0.3 is 24.7 Å². The predicted molar refractivity (Wildman–Crippen MR) is 121 cm³/mol. The average Bonchev–Trinajstić information content (AvgIpc) is 3.38. The van der Waals surface area contributed by atoms with Crippen molar-refractivity contribution >= 4 is 34.3 Å². The lowest BCUT2D eigenvalue weighted by molar-refractivity contribution is -0.119. The number of methoxy groups -OCH3 is 1. The zero-order chi connectivity index (χ0) is 22.5. The first kappa shape index (κ1) is 23.1. The van der Waals surface area contributed by atoms with Gasteiger partial charge in [-0.3, -0.25) is 4.79 Å². The van der Waals surface area contributed by atoms with Crippen LogP contribution in [0.1, 0.15) is 57.4 Å². The molecule has 2 aromatic heterocycles. The summed E-state index contributed by atoms with van der Waals surface area (Å²) in [7, 11) is 1.35. The Morgan fingerprint density at radius 3 is 2.74 bits per heavy atom. The summed E-state index contributed by atoms with van der Waals surface area (Å²) in [6.07, 6.45) is 4.37. The minimum Gasteiger partial charge on any atom is -0.464 e. The lowest BCUT2D eigenvalue weighted by atomic mass is 10.1. The number of pyridine rings is 1. The summed E-state index contributed by atoms with van der Waals surface area (Å²) in [5.41, 5.74) is 2.22. The van der Waals surface area contributed by atoms with Gasteiger partial charge in [-0.1, -0.05) is 27.7 Å². The molecule has 1 amide bonds. The number of nitrogens with one attached hydrogen (secondary N) is 2. The van der Waals surface area contributed by atoms with E-state index >= 15 is 0 Å². The van der Waals surface area contributed by atoms with E-state index in [9.17, 15) is 9.59 Å². The third-order valence-corrected chi connectivity index (χ3v) is 5.71. The van der Waals surface area contributed by atoms with E-state index in [1.165, 1.54) is 7.11 Å². The zero-order valence-electron chi connectivity index (χ0n) is 19.2. The lowest BCUT2D eigenvalue weighted by Gasteiger charge is -2.15. The van der Waals surface area contributed by atoms with Crippen LogP contribution in [0.15, 0.2) is 12.3 Å². The Balaban J connectivity index is 2.13. The molecule has 0 unspecified atom stereocenters. The molecular weight excluding hydrogens is 396 g/mol. The molecular formula is C23H34N4O4. The number of amides is 1. The number of ether oxygens (including phenoxy) is 2. The van der Waals surface area contributed by atoms with Gasteiger partial charge in [0.05, 0.1) is 37.3 Å². The van der Waals surface area contributed by atoms with Gasteiger partial charge in [0.15, 0.2) is 5.69 Å². The Morgan fingerprint density at radius 1 is 1.35 bits per heavy atom. The highest BCUT2D eigenvalue weighted by molar-refractivity contribution is 6.11. The Bertz CT molecular complexity index is 931. The van der Waals surface area contributed by atoms with Crippen molar-refractivity contribution in [2.75, 3.05) is 30.9 Å². The van der Waals surface area contributed by atoms with Crippen molar-refractivity contribution < 1.29 is 19.1 Å². The number of fused-ring (bicyclic) bond motifs is 1. The largest absolute Gasteiger partial charge is 0.464 e. The molecule has 3 heterocycles. The molecule has 0 radical (unpaired) electrons. The maximum Gasteiger partial charge on any atom is 0.356 e. The third kappa shape index (κ3) is 5.18. The second-order valence-corrected chi connectivity index (χ2v) is 8.63. The molecule has 8 heteroatoms. The van der Waals surface area contributed by atoms with E-state index in [2.05, 4.69) is 29.5 Å². The van der Waals surface area contributed by atoms with Gasteiger partial charge in [-0.25, -0.2) is 9.78 Å². The number of carbonyl (C=O) groups is 2. The van der Waals surface area contributed by atoms with Crippen molar-refractivity contribution in [3.05, 3.63) is 18.0 Å². The molecule has 1 saturated heterocycles. The molecule has 0 spiro atoms. The second kappa shape index (κ2) is 10.1. The average molecular weight is 431 g/mol. The third-order valence-electron chi connectivity index (χ3n) is 5.71. The van der Waals surface area contributed by atoms with Crippen LogP contribution in [-0.4, -0.2) is 47.8 Å². The Kier molecular flexibility index (Phi) is 7.54. The maximum absolute atomic E-state index is 12.8. The molecule has 2 aromatic rings. The molecule has 0 aliphatic carbocycles. The fraction of sp³-hybridized carbons (Fsp3) is 0.609. The molecule has 2 atom stereocenters. The summed E-state index contributed by atoms with van der Waals surface area (Å²) >= 11 is 0. The standard InChI is InChI=1S/C23H34N4O4/c1-6-15(4)22(28)26-19-18-10-16(24-11-14(2)3)12-25-21(18)27(20(19)23(29)30-5)13-17-8-7-9-31-17/h10,12,14-15,17,24H,6-9,11,13H2,1-5H3,(H,26,28)/t15-,17+/m0/s1. The molecule has 1 fully saturated rings. The van der Waals surface area contributed by atoms with Crippen LogP contribution in [0.2, 0.25) is 0 Å². The number of aromatic nitrogens is 2. The van der Waals surface area contributed by atoms with E-state index in [1.807, 2.05) is 24.5 Å². The van der Waals surface area contributed by atoms with Gasteiger partial charge in [-0.05, 0) is 31.2 Å². The first-order valence-electron chi connectivity index (χ1n) is 11.1. The van der Waals surface area contributed by atoms with Crippen LogP contribution in [-0.2, 0) is 20.8 Å². The summed E-state index contributed by atoms with van der Waals surface area (Å²) < 4.78 is 12.7. The highest BCUT2D eigenvalue weighted by Gasteiger charge is 2.29. The zero-order valence-corrected chi connectivity index (χ0v) is 19.2. The molecule has 170 valence electrons. The van der Waals surface area contributed by atoms with Gasteiger partial charge in [0, 0.05) is 24.5 Å². The molecule has 2 N–H and O–H groups in total. The van der Waals surface area contributed by atoms with E-state index in [4.69, 9.17) is 9.47 Å². The van der Waals surface area contributed by atoms with Crippen molar-refractivity contribution in [3.8, 4) is 0 Å². The maximum atomic E-state index is 12.8. The Labute approximate surface area is 183 Å². The first-order chi connectivity index (χ1) is 14.8. The van der Waals surface area contributed by atoms with E-state index in [1.54, 1.807) is 6.20 Å². The fourth-order valence-corrected chi connectivity index (χ4v) is 3.68. The van der Waals surface area contributed by atoms with Crippen molar-refractivity contribution in [1.82, 2.24) is 9.55 Å². The number of hydrogen-bond acceptors (Lipinski definition) is 6. The predicted octanol–water partition coefficient (Wildman–Crippen LogP) is 4.05. The van der Waals surface area contributed by atoms with Gasteiger partial charge in [-0.2, -0.15) is 0 Å². The number of carbonyl (C=O) groups excluding carboxylic acids is 2. The van der Waals surface area contributed by atoms with Crippen molar-refractivity contribution in [1.29, 1.82) is 0 Å². The molecule has 0 saturated carbocycles. The Morgan fingerprint density at radius 2 is 2.13 bits per heavy atom. The van der Waals surface area contributed by atoms with Crippen molar-refractivity contribution in [3.63, 3.8) is 0 Å². The normalized spacial score (nSPS) is 17.2. The molecule has 0 aromatic carbocycles. The molecule has 31 heavy (non-hydrogen) atoms. The van der Waals surface area contributed by atoms with Gasteiger partial charge in [-0.15, -0.1) is 0 Å². The van der Waals surface area contributed by atoms with Gasteiger partial charge in [0.1, 0.15) is 5.65 Å². The quantitative estimate of drug-likeness (QED) is 0.583. The summed E-state index contributed by atoms with van der Waals surface area (Å²) in [5.74, 6) is -0.358.